The molecule has 0 bridgehead atoms. The summed E-state index contributed by atoms with van der Waals surface area (Å²) in [6, 6.07) is 7.95. The van der Waals surface area contributed by atoms with Crippen molar-refractivity contribution in [1.29, 1.82) is 0 Å². The number of hydrogen-bond acceptors (Lipinski definition) is 3. The molecule has 6 heteroatoms. The third-order valence-electron chi connectivity index (χ3n) is 5.76. The standard InChI is InChI=1S/C23H29FN2O3/c1-4-29-23(28)19-13-21(17-9-11-18(24)12-10-17)26(16(19)3)14-22(27)25-20-8-6-5-7-15(20)2/h9-13,15,20H,4-8,14H2,1-3H3,(H,25,27)/t15-,20+/m1/s1. The minimum atomic E-state index is -0.423. The van der Waals surface area contributed by atoms with Crippen LogP contribution in [0.1, 0.15) is 55.6 Å². The summed E-state index contributed by atoms with van der Waals surface area (Å²) in [5.74, 6) is -0.377. The zero-order valence-corrected chi connectivity index (χ0v) is 17.3. The first-order valence-corrected chi connectivity index (χ1v) is 10.3. The van der Waals surface area contributed by atoms with Crippen molar-refractivity contribution in [2.24, 2.45) is 5.92 Å². The minimum Gasteiger partial charge on any atom is -0.462 e. The van der Waals surface area contributed by atoms with Gasteiger partial charge in [-0.15, -0.1) is 0 Å². The second-order valence-electron chi connectivity index (χ2n) is 7.78. The van der Waals surface area contributed by atoms with E-state index in [1.54, 1.807) is 32.0 Å². The molecule has 1 aliphatic rings. The Morgan fingerprint density at radius 1 is 1.21 bits per heavy atom. The lowest BCUT2D eigenvalue weighted by Crippen LogP contribution is -2.42. The van der Waals surface area contributed by atoms with Crippen molar-refractivity contribution in [3.05, 3.63) is 47.4 Å². The molecule has 2 aromatic rings. The van der Waals surface area contributed by atoms with Gasteiger partial charge >= 0.3 is 5.97 Å². The van der Waals surface area contributed by atoms with Gasteiger partial charge in [0.15, 0.2) is 0 Å². The highest BCUT2D eigenvalue weighted by Crippen LogP contribution is 2.28. The van der Waals surface area contributed by atoms with Crippen LogP contribution < -0.4 is 5.32 Å². The highest BCUT2D eigenvalue weighted by molar-refractivity contribution is 5.93. The van der Waals surface area contributed by atoms with Crippen LogP contribution in [0.5, 0.6) is 0 Å². The Labute approximate surface area is 171 Å². The molecule has 0 unspecified atom stereocenters. The molecule has 2 atom stereocenters. The van der Waals surface area contributed by atoms with E-state index >= 15 is 0 Å². The molecule has 29 heavy (non-hydrogen) atoms. The zero-order valence-electron chi connectivity index (χ0n) is 17.3. The van der Waals surface area contributed by atoms with Crippen molar-refractivity contribution in [3.8, 4) is 11.3 Å². The van der Waals surface area contributed by atoms with Crippen molar-refractivity contribution >= 4 is 11.9 Å². The first kappa shape index (κ1) is 21.1. The number of carbonyl (C=O) groups is 2. The molecule has 1 aliphatic carbocycles. The van der Waals surface area contributed by atoms with Crippen LogP contribution in [0.3, 0.4) is 0 Å². The average Bonchev–Trinajstić information content (AvgIpc) is 3.01. The lowest BCUT2D eigenvalue weighted by molar-refractivity contribution is -0.122. The van der Waals surface area contributed by atoms with E-state index in [2.05, 4.69) is 12.2 Å². The summed E-state index contributed by atoms with van der Waals surface area (Å²) >= 11 is 0. The summed E-state index contributed by atoms with van der Waals surface area (Å²) in [5.41, 5.74) is 2.51. The molecular formula is C23H29FN2O3. The molecule has 156 valence electrons. The number of nitrogens with one attached hydrogen (secondary N) is 1. The van der Waals surface area contributed by atoms with E-state index in [1.807, 2.05) is 4.57 Å². The summed E-state index contributed by atoms with van der Waals surface area (Å²) in [4.78, 5) is 25.2. The number of ether oxygens (including phenoxy) is 1. The van der Waals surface area contributed by atoms with Gasteiger partial charge in [0, 0.05) is 17.4 Å². The number of carbonyl (C=O) groups excluding carboxylic acids is 2. The smallest absolute Gasteiger partial charge is 0.339 e. The highest BCUT2D eigenvalue weighted by atomic mass is 19.1. The molecule has 0 aliphatic heterocycles. The van der Waals surface area contributed by atoms with Crippen molar-refractivity contribution in [1.82, 2.24) is 9.88 Å². The van der Waals surface area contributed by atoms with Crippen LogP contribution in [0.4, 0.5) is 4.39 Å². The summed E-state index contributed by atoms with van der Waals surface area (Å²) in [6.07, 6.45) is 4.46. The van der Waals surface area contributed by atoms with Gasteiger partial charge in [-0.3, -0.25) is 4.79 Å². The molecule has 1 aromatic carbocycles. The van der Waals surface area contributed by atoms with Crippen LogP contribution in [0.25, 0.3) is 11.3 Å². The topological polar surface area (TPSA) is 60.3 Å². The van der Waals surface area contributed by atoms with Gasteiger partial charge in [0.05, 0.1) is 12.2 Å². The zero-order chi connectivity index (χ0) is 21.0. The number of esters is 1. The Morgan fingerprint density at radius 2 is 1.90 bits per heavy atom. The van der Waals surface area contributed by atoms with Gasteiger partial charge in [-0.1, -0.05) is 19.8 Å². The molecular weight excluding hydrogens is 371 g/mol. The van der Waals surface area contributed by atoms with Crippen molar-refractivity contribution in [2.45, 2.75) is 59.0 Å². The van der Waals surface area contributed by atoms with Crippen LogP contribution in [-0.4, -0.2) is 29.1 Å². The van der Waals surface area contributed by atoms with Gasteiger partial charge in [-0.05, 0) is 68.5 Å². The fourth-order valence-corrected chi connectivity index (χ4v) is 4.05. The molecule has 1 heterocycles. The van der Waals surface area contributed by atoms with Gasteiger partial charge in [-0.2, -0.15) is 0 Å². The van der Waals surface area contributed by atoms with Gasteiger partial charge in [0.2, 0.25) is 5.91 Å². The predicted molar refractivity (Wildman–Crippen MR) is 110 cm³/mol. The summed E-state index contributed by atoms with van der Waals surface area (Å²) in [6.45, 7) is 6.10. The molecule has 0 radical (unpaired) electrons. The van der Waals surface area contributed by atoms with E-state index < -0.39 is 5.97 Å². The first-order chi connectivity index (χ1) is 13.9. The van der Waals surface area contributed by atoms with Crippen molar-refractivity contribution < 1.29 is 18.7 Å². The normalized spacial score (nSPS) is 19.0. The van der Waals surface area contributed by atoms with E-state index in [-0.39, 0.29) is 30.9 Å². The van der Waals surface area contributed by atoms with E-state index in [0.717, 1.165) is 24.8 Å². The monoisotopic (exact) mass is 400 g/mol. The van der Waals surface area contributed by atoms with Gasteiger partial charge < -0.3 is 14.6 Å². The lowest BCUT2D eigenvalue weighted by Gasteiger charge is -2.29. The van der Waals surface area contributed by atoms with Gasteiger partial charge in [0.25, 0.3) is 0 Å². The Hall–Kier alpha value is -2.63. The average molecular weight is 400 g/mol. The summed E-state index contributed by atoms with van der Waals surface area (Å²) in [5, 5.41) is 3.16. The Bertz CT molecular complexity index is 873. The largest absolute Gasteiger partial charge is 0.462 e. The Kier molecular flexibility index (Phi) is 6.72. The predicted octanol–water partition coefficient (Wildman–Crippen LogP) is 4.47. The number of halogens is 1. The van der Waals surface area contributed by atoms with Crippen LogP contribution >= 0.6 is 0 Å². The molecule has 1 saturated carbocycles. The van der Waals surface area contributed by atoms with E-state index in [9.17, 15) is 14.0 Å². The maximum Gasteiger partial charge on any atom is 0.339 e. The molecule has 1 fully saturated rings. The van der Waals surface area contributed by atoms with Crippen LogP contribution in [0.15, 0.2) is 30.3 Å². The van der Waals surface area contributed by atoms with Crippen LogP contribution in [0.2, 0.25) is 0 Å². The highest BCUT2D eigenvalue weighted by Gasteiger charge is 2.25. The second-order valence-corrected chi connectivity index (χ2v) is 7.78. The third kappa shape index (κ3) is 4.86. The maximum atomic E-state index is 13.4. The Balaban J connectivity index is 1.89. The van der Waals surface area contributed by atoms with E-state index in [4.69, 9.17) is 4.74 Å². The SMILES string of the molecule is CCOC(=O)c1cc(-c2ccc(F)cc2)n(CC(=O)N[C@H]2CCCC[C@H]2C)c1C. The minimum absolute atomic E-state index is 0.0822. The van der Waals surface area contributed by atoms with Gasteiger partial charge in [-0.25, -0.2) is 9.18 Å². The molecule has 0 saturated heterocycles. The molecule has 0 spiro atoms. The van der Waals surface area contributed by atoms with Crippen molar-refractivity contribution in [3.63, 3.8) is 0 Å². The van der Waals surface area contributed by atoms with E-state index in [1.165, 1.54) is 18.6 Å². The molecule has 1 aromatic heterocycles. The number of nitrogens with zero attached hydrogens (tertiary/aromatic N) is 1. The lowest BCUT2D eigenvalue weighted by atomic mass is 9.86. The summed E-state index contributed by atoms with van der Waals surface area (Å²) < 4.78 is 20.3. The molecule has 3 rings (SSSR count). The molecule has 1 amide bonds. The van der Waals surface area contributed by atoms with Crippen molar-refractivity contribution in [2.75, 3.05) is 6.61 Å². The third-order valence-corrected chi connectivity index (χ3v) is 5.76. The fourth-order valence-electron chi connectivity index (χ4n) is 4.05. The second kappa shape index (κ2) is 9.25. The fraction of sp³-hybridized carbons (Fsp3) is 0.478. The van der Waals surface area contributed by atoms with E-state index in [0.29, 0.717) is 22.9 Å². The number of amides is 1. The maximum absolute atomic E-state index is 13.4. The van der Waals surface area contributed by atoms with Gasteiger partial charge in [0.1, 0.15) is 12.4 Å². The van der Waals surface area contributed by atoms with Crippen LogP contribution in [-0.2, 0) is 16.1 Å². The Morgan fingerprint density at radius 3 is 2.55 bits per heavy atom. The number of benzene rings is 1. The first-order valence-electron chi connectivity index (χ1n) is 10.3. The number of rotatable bonds is 6. The summed E-state index contributed by atoms with van der Waals surface area (Å²) in [7, 11) is 0. The molecule has 1 N–H and O–H groups in total. The van der Waals surface area contributed by atoms with Crippen LogP contribution in [0, 0.1) is 18.7 Å². The molecule has 5 nitrogen and oxygen atoms in total. The number of hydrogen-bond donors (Lipinski definition) is 1. The number of aromatic nitrogens is 1. The quantitative estimate of drug-likeness (QED) is 0.728.